The van der Waals surface area contributed by atoms with Crippen LogP contribution >= 0.6 is 0 Å². The number of hydrogen-bond acceptors (Lipinski definition) is 5. The molecule has 5 heteroatoms. The highest BCUT2D eigenvalue weighted by molar-refractivity contribution is 6.00. The van der Waals surface area contributed by atoms with Crippen LogP contribution in [0.3, 0.4) is 0 Å². The maximum atomic E-state index is 12.4. The average Bonchev–Trinajstić information content (AvgIpc) is 2.87. The molecule has 0 aromatic rings. The van der Waals surface area contributed by atoms with Crippen LogP contribution in [0.1, 0.15) is 65.7 Å². The monoisotopic (exact) mass is 364 g/mol. The van der Waals surface area contributed by atoms with Crippen LogP contribution < -0.4 is 0 Å². The fraction of sp³-hybridized carbons (Fsp3) is 0.762. The molecular formula is C21H32O5. The van der Waals surface area contributed by atoms with Gasteiger partial charge in [-0.05, 0) is 43.6 Å². The van der Waals surface area contributed by atoms with Gasteiger partial charge in [0.25, 0.3) is 0 Å². The Bertz CT molecular complexity index is 636. The molecule has 0 amide bonds. The van der Waals surface area contributed by atoms with Gasteiger partial charge in [-0.2, -0.15) is 0 Å². The predicted octanol–water partition coefficient (Wildman–Crippen LogP) is 2.64. The molecule has 2 aliphatic carbocycles. The van der Waals surface area contributed by atoms with Crippen molar-refractivity contribution in [2.24, 2.45) is 11.8 Å². The minimum Gasteiger partial charge on any atom is -0.488 e. The molecular weight excluding hydrogens is 332 g/mol. The van der Waals surface area contributed by atoms with E-state index in [-0.39, 0.29) is 24.7 Å². The van der Waals surface area contributed by atoms with Crippen LogP contribution in [-0.4, -0.2) is 45.0 Å². The topological polar surface area (TPSA) is 87.0 Å². The second kappa shape index (κ2) is 7.10. The van der Waals surface area contributed by atoms with E-state index in [2.05, 4.69) is 13.0 Å². The second-order valence-electron chi connectivity index (χ2n) is 8.67. The minimum atomic E-state index is -1.19. The Kier molecular flexibility index (Phi) is 5.35. The van der Waals surface area contributed by atoms with Crippen molar-refractivity contribution >= 4 is 5.78 Å². The third-order valence-corrected chi connectivity index (χ3v) is 6.60. The van der Waals surface area contributed by atoms with Gasteiger partial charge < -0.3 is 20.1 Å². The molecule has 0 saturated carbocycles. The summed E-state index contributed by atoms with van der Waals surface area (Å²) in [5, 5.41) is 30.7. The van der Waals surface area contributed by atoms with Gasteiger partial charge in [0.1, 0.15) is 23.1 Å². The fourth-order valence-electron chi connectivity index (χ4n) is 4.71. The lowest BCUT2D eigenvalue weighted by Crippen LogP contribution is -2.56. The van der Waals surface area contributed by atoms with Crippen LogP contribution in [0.5, 0.6) is 0 Å². The third kappa shape index (κ3) is 3.14. The second-order valence-corrected chi connectivity index (χ2v) is 8.67. The molecule has 1 aliphatic heterocycles. The summed E-state index contributed by atoms with van der Waals surface area (Å²) in [6.45, 7) is 6.28. The molecule has 3 N–H and O–H groups in total. The van der Waals surface area contributed by atoms with Crippen molar-refractivity contribution in [3.63, 3.8) is 0 Å². The Balaban J connectivity index is 1.77. The van der Waals surface area contributed by atoms with Crippen molar-refractivity contribution < 1.29 is 24.9 Å². The SMILES string of the molecule is CC(CO)CCCC(C)C1=CCC2(C)OC3=C(CC12O)C(=O)C(O)CC3. The highest BCUT2D eigenvalue weighted by atomic mass is 16.5. The van der Waals surface area contributed by atoms with Crippen molar-refractivity contribution in [2.45, 2.75) is 83.0 Å². The van der Waals surface area contributed by atoms with Gasteiger partial charge in [-0.3, -0.25) is 4.79 Å². The number of carbonyl (C=O) groups is 1. The Morgan fingerprint density at radius 2 is 2.08 bits per heavy atom. The maximum Gasteiger partial charge on any atom is 0.190 e. The highest BCUT2D eigenvalue weighted by Gasteiger charge is 2.59. The zero-order valence-electron chi connectivity index (χ0n) is 16.1. The summed E-state index contributed by atoms with van der Waals surface area (Å²) in [6, 6.07) is 0. The van der Waals surface area contributed by atoms with Crippen LogP contribution in [0.4, 0.5) is 0 Å². The first kappa shape index (κ1) is 19.6. The molecule has 0 bridgehead atoms. The van der Waals surface area contributed by atoms with Gasteiger partial charge >= 0.3 is 0 Å². The molecule has 5 nitrogen and oxygen atoms in total. The quantitative estimate of drug-likeness (QED) is 0.631. The maximum absolute atomic E-state index is 12.4. The van der Waals surface area contributed by atoms with E-state index in [4.69, 9.17) is 4.74 Å². The molecule has 0 saturated heterocycles. The number of allylic oxidation sites excluding steroid dienone is 1. The Hall–Kier alpha value is -1.17. The number of aliphatic hydroxyl groups is 3. The van der Waals surface area contributed by atoms with E-state index in [1.807, 2.05) is 13.8 Å². The van der Waals surface area contributed by atoms with Crippen LogP contribution in [0, 0.1) is 11.8 Å². The third-order valence-electron chi connectivity index (χ3n) is 6.60. The normalized spacial score (nSPS) is 36.2. The van der Waals surface area contributed by atoms with Crippen molar-refractivity contribution in [3.05, 3.63) is 23.0 Å². The molecule has 5 atom stereocenters. The zero-order chi connectivity index (χ0) is 19.1. The molecule has 0 aromatic heterocycles. The van der Waals surface area contributed by atoms with E-state index in [9.17, 15) is 20.1 Å². The highest BCUT2D eigenvalue weighted by Crippen LogP contribution is 2.54. The predicted molar refractivity (Wildman–Crippen MR) is 98.3 cm³/mol. The Morgan fingerprint density at radius 3 is 2.77 bits per heavy atom. The summed E-state index contributed by atoms with van der Waals surface area (Å²) >= 11 is 0. The number of ether oxygens (including phenoxy) is 1. The summed E-state index contributed by atoms with van der Waals surface area (Å²) in [4.78, 5) is 12.4. The Labute approximate surface area is 155 Å². The number of rotatable bonds is 6. The van der Waals surface area contributed by atoms with Crippen LogP contribution in [0.25, 0.3) is 0 Å². The van der Waals surface area contributed by atoms with Gasteiger partial charge in [-0.15, -0.1) is 0 Å². The minimum absolute atomic E-state index is 0.182. The lowest BCUT2D eigenvalue weighted by Gasteiger charge is -2.48. The lowest BCUT2D eigenvalue weighted by atomic mass is 9.70. The van der Waals surface area contributed by atoms with Gasteiger partial charge in [0.15, 0.2) is 5.78 Å². The number of carbonyl (C=O) groups excluding carboxylic acids is 1. The van der Waals surface area contributed by atoms with Gasteiger partial charge in [0.05, 0.1) is 0 Å². The van der Waals surface area contributed by atoms with Crippen molar-refractivity contribution in [2.75, 3.05) is 6.61 Å². The standard InChI is InChI=1S/C21H32O5/c1-13(12-22)5-4-6-14(2)16-9-10-20(3)21(16,25)11-15-18(26-20)8-7-17(23)19(15)24/h9,13-14,17,22-23,25H,4-8,10-12H2,1-3H3. The molecule has 3 aliphatic rings. The van der Waals surface area contributed by atoms with Crippen LogP contribution in [-0.2, 0) is 9.53 Å². The van der Waals surface area contributed by atoms with E-state index in [0.29, 0.717) is 36.5 Å². The summed E-state index contributed by atoms with van der Waals surface area (Å²) < 4.78 is 6.18. The summed E-state index contributed by atoms with van der Waals surface area (Å²) in [5.74, 6) is 0.839. The smallest absolute Gasteiger partial charge is 0.190 e. The first-order valence-electron chi connectivity index (χ1n) is 9.89. The molecule has 146 valence electrons. The van der Waals surface area contributed by atoms with E-state index in [1.54, 1.807) is 0 Å². The summed E-state index contributed by atoms with van der Waals surface area (Å²) in [6.07, 6.45) is 5.79. The van der Waals surface area contributed by atoms with Gasteiger partial charge in [0.2, 0.25) is 0 Å². The number of Topliss-reactive ketones (excluding diaryl/α,β-unsaturated/α-hetero) is 1. The van der Waals surface area contributed by atoms with Crippen molar-refractivity contribution in [3.8, 4) is 0 Å². The Morgan fingerprint density at radius 1 is 1.35 bits per heavy atom. The number of hydrogen-bond donors (Lipinski definition) is 3. The zero-order valence-corrected chi connectivity index (χ0v) is 16.1. The van der Waals surface area contributed by atoms with Gasteiger partial charge in [-0.1, -0.05) is 26.3 Å². The molecule has 3 rings (SSSR count). The summed E-state index contributed by atoms with van der Waals surface area (Å²) in [7, 11) is 0. The first-order chi connectivity index (χ1) is 12.2. The van der Waals surface area contributed by atoms with Gasteiger partial charge in [0, 0.05) is 31.4 Å². The molecule has 0 radical (unpaired) electrons. The average molecular weight is 364 g/mol. The molecule has 26 heavy (non-hydrogen) atoms. The molecule has 0 fully saturated rings. The van der Waals surface area contributed by atoms with Crippen molar-refractivity contribution in [1.29, 1.82) is 0 Å². The first-order valence-corrected chi connectivity index (χ1v) is 9.89. The number of ketones is 1. The molecule has 1 heterocycles. The molecule has 0 aromatic carbocycles. The van der Waals surface area contributed by atoms with Crippen LogP contribution in [0.2, 0.25) is 0 Å². The van der Waals surface area contributed by atoms with E-state index in [1.165, 1.54) is 0 Å². The van der Waals surface area contributed by atoms with E-state index < -0.39 is 17.3 Å². The largest absolute Gasteiger partial charge is 0.488 e. The molecule has 0 spiro atoms. The lowest BCUT2D eigenvalue weighted by molar-refractivity contribution is -0.151. The van der Waals surface area contributed by atoms with E-state index in [0.717, 1.165) is 24.8 Å². The van der Waals surface area contributed by atoms with Crippen molar-refractivity contribution in [1.82, 2.24) is 0 Å². The van der Waals surface area contributed by atoms with Crippen LogP contribution in [0.15, 0.2) is 23.0 Å². The van der Waals surface area contributed by atoms with E-state index >= 15 is 0 Å². The fourth-order valence-corrected chi connectivity index (χ4v) is 4.71. The number of aliphatic hydroxyl groups excluding tert-OH is 2. The number of fused-ring (bicyclic) bond motifs is 1. The van der Waals surface area contributed by atoms with Gasteiger partial charge in [-0.25, -0.2) is 0 Å². The summed E-state index contributed by atoms with van der Waals surface area (Å²) in [5.41, 5.74) is -0.509. The molecule has 5 unspecified atom stereocenters.